The lowest BCUT2D eigenvalue weighted by Gasteiger charge is -2.30. The number of nitrogens with one attached hydrogen (secondary N) is 1. The van der Waals surface area contributed by atoms with Crippen molar-refractivity contribution in [1.29, 1.82) is 0 Å². The molecular weight excluding hydrogens is 256 g/mol. The quantitative estimate of drug-likeness (QED) is 0.849. The second kappa shape index (κ2) is 5.25. The molecule has 5 nitrogen and oxygen atoms in total. The van der Waals surface area contributed by atoms with Crippen molar-refractivity contribution < 1.29 is 14.7 Å². The first-order chi connectivity index (χ1) is 9.68. The number of hydrogen-bond donors (Lipinski definition) is 2. The van der Waals surface area contributed by atoms with Crippen molar-refractivity contribution in [2.24, 2.45) is 0 Å². The molecule has 1 amide bonds. The fraction of sp³-hybridized carbons (Fsp3) is 0.467. The number of benzene rings is 1. The number of hydrogen-bond acceptors (Lipinski definition) is 3. The van der Waals surface area contributed by atoms with Crippen LogP contribution in [0.2, 0.25) is 0 Å². The molecule has 0 aliphatic carbocycles. The zero-order valence-corrected chi connectivity index (χ0v) is 11.2. The normalized spacial score (nSPS) is 25.3. The highest BCUT2D eigenvalue weighted by Crippen LogP contribution is 2.33. The van der Waals surface area contributed by atoms with Gasteiger partial charge in [0.25, 0.3) is 0 Å². The molecule has 5 heteroatoms. The lowest BCUT2D eigenvalue weighted by molar-refractivity contribution is -0.140. The minimum absolute atomic E-state index is 0.109. The summed E-state index contributed by atoms with van der Waals surface area (Å²) < 4.78 is 0. The van der Waals surface area contributed by atoms with Gasteiger partial charge in [0.05, 0.1) is 6.04 Å². The Hall–Kier alpha value is -1.88. The Kier molecular flexibility index (Phi) is 3.44. The van der Waals surface area contributed by atoms with Gasteiger partial charge in [0.1, 0.15) is 6.04 Å². The zero-order valence-electron chi connectivity index (χ0n) is 11.2. The first kappa shape index (κ1) is 13.1. The van der Waals surface area contributed by atoms with Crippen LogP contribution in [0.15, 0.2) is 24.3 Å². The van der Waals surface area contributed by atoms with Gasteiger partial charge in [-0.1, -0.05) is 24.6 Å². The van der Waals surface area contributed by atoms with E-state index in [0.29, 0.717) is 6.42 Å². The zero-order chi connectivity index (χ0) is 14.1. The van der Waals surface area contributed by atoms with Crippen LogP contribution in [0.1, 0.15) is 24.8 Å². The van der Waals surface area contributed by atoms with E-state index in [2.05, 4.69) is 5.32 Å². The molecule has 0 aromatic heterocycles. The van der Waals surface area contributed by atoms with Gasteiger partial charge in [-0.3, -0.25) is 9.69 Å². The average molecular weight is 274 g/mol. The number of carbonyl (C=O) groups excluding carboxylic acids is 1. The highest BCUT2D eigenvalue weighted by Gasteiger charge is 2.40. The summed E-state index contributed by atoms with van der Waals surface area (Å²) >= 11 is 0. The molecule has 0 saturated carbocycles. The Morgan fingerprint density at radius 2 is 2.05 bits per heavy atom. The molecule has 20 heavy (non-hydrogen) atoms. The van der Waals surface area contributed by atoms with Crippen LogP contribution in [0, 0.1) is 0 Å². The van der Waals surface area contributed by atoms with E-state index in [1.54, 1.807) is 0 Å². The molecule has 2 aliphatic rings. The molecule has 0 radical (unpaired) electrons. The molecule has 106 valence electrons. The van der Waals surface area contributed by atoms with Crippen LogP contribution in [0.3, 0.4) is 0 Å². The first-order valence-corrected chi connectivity index (χ1v) is 7.05. The number of rotatable bonds is 2. The summed E-state index contributed by atoms with van der Waals surface area (Å²) in [5.41, 5.74) is 1.68. The van der Waals surface area contributed by atoms with Crippen LogP contribution in [0.25, 0.3) is 0 Å². The number of carboxylic acids is 1. The summed E-state index contributed by atoms with van der Waals surface area (Å²) in [6.45, 7) is 0.823. The summed E-state index contributed by atoms with van der Waals surface area (Å²) in [6.07, 6.45) is 3.26. The van der Waals surface area contributed by atoms with E-state index in [1.165, 1.54) is 4.90 Å². The van der Waals surface area contributed by atoms with Crippen molar-refractivity contribution in [3.8, 4) is 0 Å². The number of para-hydroxylation sites is 1. The Morgan fingerprint density at radius 1 is 1.25 bits per heavy atom. The second-order valence-corrected chi connectivity index (χ2v) is 5.40. The highest BCUT2D eigenvalue weighted by molar-refractivity contribution is 6.04. The minimum atomic E-state index is -0.939. The largest absolute Gasteiger partial charge is 0.480 e. The third kappa shape index (κ3) is 2.18. The molecular formula is C15H18N2O3. The standard InChI is InChI=1S/C15H18N2O3/c18-14(11-6-3-4-8-16-11)17-12-7-2-1-5-10(12)9-13(17)15(19)20/h1-2,5,7,11,13,16H,3-4,6,8-9H2,(H,19,20)/t11-,13+/m1/s1. The van der Waals surface area contributed by atoms with Gasteiger partial charge in [0.2, 0.25) is 5.91 Å². The maximum atomic E-state index is 12.7. The van der Waals surface area contributed by atoms with E-state index in [1.807, 2.05) is 24.3 Å². The van der Waals surface area contributed by atoms with Crippen LogP contribution in [0.4, 0.5) is 5.69 Å². The van der Waals surface area contributed by atoms with Gasteiger partial charge in [-0.15, -0.1) is 0 Å². The van der Waals surface area contributed by atoms with E-state index in [0.717, 1.165) is 37.1 Å². The number of nitrogens with zero attached hydrogens (tertiary/aromatic N) is 1. The summed E-state index contributed by atoms with van der Waals surface area (Å²) in [5, 5.41) is 12.6. The third-order valence-electron chi connectivity index (χ3n) is 4.11. The van der Waals surface area contributed by atoms with Crippen LogP contribution in [-0.4, -0.2) is 35.6 Å². The van der Waals surface area contributed by atoms with Crippen molar-refractivity contribution in [1.82, 2.24) is 5.32 Å². The molecule has 0 unspecified atom stereocenters. The van der Waals surface area contributed by atoms with Crippen LogP contribution in [-0.2, 0) is 16.0 Å². The number of anilines is 1. The number of carbonyl (C=O) groups is 2. The van der Waals surface area contributed by atoms with Crippen molar-refractivity contribution in [3.05, 3.63) is 29.8 Å². The topological polar surface area (TPSA) is 69.6 Å². The Labute approximate surface area is 117 Å². The van der Waals surface area contributed by atoms with Gasteiger partial charge in [0, 0.05) is 12.1 Å². The molecule has 2 heterocycles. The van der Waals surface area contributed by atoms with Crippen molar-refractivity contribution in [2.75, 3.05) is 11.4 Å². The molecule has 0 bridgehead atoms. The van der Waals surface area contributed by atoms with Gasteiger partial charge >= 0.3 is 5.97 Å². The van der Waals surface area contributed by atoms with E-state index < -0.39 is 12.0 Å². The van der Waals surface area contributed by atoms with E-state index >= 15 is 0 Å². The second-order valence-electron chi connectivity index (χ2n) is 5.40. The maximum Gasteiger partial charge on any atom is 0.327 e. The average Bonchev–Trinajstić information content (AvgIpc) is 2.87. The minimum Gasteiger partial charge on any atom is -0.480 e. The summed E-state index contributed by atoms with van der Waals surface area (Å²) in [7, 11) is 0. The number of fused-ring (bicyclic) bond motifs is 1. The van der Waals surface area contributed by atoms with E-state index in [4.69, 9.17) is 0 Å². The van der Waals surface area contributed by atoms with Gasteiger partial charge < -0.3 is 10.4 Å². The van der Waals surface area contributed by atoms with E-state index in [-0.39, 0.29) is 11.9 Å². The number of carboxylic acid groups (broad SMARTS) is 1. The molecule has 2 atom stereocenters. The van der Waals surface area contributed by atoms with Gasteiger partial charge in [-0.25, -0.2) is 4.79 Å². The van der Waals surface area contributed by atoms with Crippen LogP contribution < -0.4 is 10.2 Å². The van der Waals surface area contributed by atoms with Gasteiger partial charge in [-0.05, 0) is 31.0 Å². The molecule has 2 aliphatic heterocycles. The predicted octanol–water partition coefficient (Wildman–Crippen LogP) is 1.17. The monoisotopic (exact) mass is 274 g/mol. The number of aliphatic carboxylic acids is 1. The van der Waals surface area contributed by atoms with E-state index in [9.17, 15) is 14.7 Å². The molecule has 3 rings (SSSR count). The van der Waals surface area contributed by atoms with Crippen molar-refractivity contribution in [2.45, 2.75) is 37.8 Å². The van der Waals surface area contributed by atoms with Gasteiger partial charge in [-0.2, -0.15) is 0 Å². The molecule has 0 spiro atoms. The third-order valence-corrected chi connectivity index (χ3v) is 4.11. The highest BCUT2D eigenvalue weighted by atomic mass is 16.4. The molecule has 1 fully saturated rings. The van der Waals surface area contributed by atoms with Gasteiger partial charge in [0.15, 0.2) is 0 Å². The Balaban J connectivity index is 1.91. The SMILES string of the molecule is O=C(O)[C@@H]1Cc2ccccc2N1C(=O)[C@H]1CCCCN1. The summed E-state index contributed by atoms with van der Waals surface area (Å²) in [5.74, 6) is -1.05. The first-order valence-electron chi connectivity index (χ1n) is 7.05. The molecule has 2 N–H and O–H groups in total. The number of amides is 1. The van der Waals surface area contributed by atoms with Crippen molar-refractivity contribution >= 4 is 17.6 Å². The fourth-order valence-electron chi connectivity index (χ4n) is 3.09. The molecule has 1 saturated heterocycles. The van der Waals surface area contributed by atoms with Crippen LogP contribution in [0.5, 0.6) is 0 Å². The predicted molar refractivity (Wildman–Crippen MR) is 74.7 cm³/mol. The molecule has 1 aromatic carbocycles. The lowest BCUT2D eigenvalue weighted by atomic mass is 10.0. The Bertz CT molecular complexity index is 538. The Morgan fingerprint density at radius 3 is 2.75 bits per heavy atom. The maximum absolute atomic E-state index is 12.7. The van der Waals surface area contributed by atoms with Crippen molar-refractivity contribution in [3.63, 3.8) is 0 Å². The molecule has 1 aromatic rings. The number of piperidine rings is 1. The summed E-state index contributed by atoms with van der Waals surface area (Å²) in [6, 6.07) is 6.43. The van der Waals surface area contributed by atoms with Crippen LogP contribution >= 0.6 is 0 Å². The smallest absolute Gasteiger partial charge is 0.327 e. The summed E-state index contributed by atoms with van der Waals surface area (Å²) in [4.78, 5) is 25.6. The lowest BCUT2D eigenvalue weighted by Crippen LogP contribution is -2.53. The fourth-order valence-corrected chi connectivity index (χ4v) is 3.09.